The molecule has 0 N–H and O–H groups in total. The van der Waals surface area contributed by atoms with Crippen LogP contribution in [0, 0.1) is 0 Å². The molecule has 0 saturated carbocycles. The van der Waals surface area contributed by atoms with E-state index < -0.39 is 0 Å². The molecule has 4 atom stereocenters. The molecule has 9 aromatic rings. The fourth-order valence-corrected chi connectivity index (χ4v) is 11.1. The summed E-state index contributed by atoms with van der Waals surface area (Å²) < 4.78 is 5.20. The lowest BCUT2D eigenvalue weighted by atomic mass is 9.62. The summed E-state index contributed by atoms with van der Waals surface area (Å²) in [5, 5.41) is 4.01. The summed E-state index contributed by atoms with van der Waals surface area (Å²) in [5.41, 5.74) is 22.7. The van der Waals surface area contributed by atoms with Crippen molar-refractivity contribution in [3.8, 4) is 33.8 Å². The first kappa shape index (κ1) is 33.6. The molecule has 280 valence electrons. The van der Waals surface area contributed by atoms with Crippen LogP contribution in [-0.4, -0.2) is 19.1 Å². The summed E-state index contributed by atoms with van der Waals surface area (Å²) in [6.07, 6.45) is 8.23. The Hall–Kier alpha value is -6.52. The zero-order valence-corrected chi connectivity index (χ0v) is 33.4. The van der Waals surface area contributed by atoms with Crippen molar-refractivity contribution in [3.05, 3.63) is 179 Å². The van der Waals surface area contributed by atoms with E-state index in [0.29, 0.717) is 11.8 Å². The second-order valence-electron chi connectivity index (χ2n) is 17.0. The summed E-state index contributed by atoms with van der Waals surface area (Å²) in [6, 6.07) is 46.8. The number of para-hydroxylation sites is 2. The molecule has 0 fully saturated rings. The van der Waals surface area contributed by atoms with Crippen molar-refractivity contribution in [2.45, 2.75) is 64.2 Å². The third kappa shape index (κ3) is 4.57. The van der Waals surface area contributed by atoms with Gasteiger partial charge in [-0.15, -0.1) is 0 Å². The summed E-state index contributed by atoms with van der Waals surface area (Å²) >= 11 is 0. The van der Waals surface area contributed by atoms with E-state index in [-0.39, 0.29) is 11.8 Å². The van der Waals surface area contributed by atoms with Crippen molar-refractivity contribution < 1.29 is 0 Å². The lowest BCUT2D eigenvalue weighted by Gasteiger charge is -2.42. The Morgan fingerprint density at radius 1 is 0.500 bits per heavy atom. The average Bonchev–Trinajstić information content (AvgIpc) is 3.79. The standard InChI is InChI=1S/C54H44N4/c1-31-32(2)40-30-44-42-28-36(46-20-12-14-26-56-46)22-24-48(42)58(38-17-9-6-10-18-38)54(44)50-34(4)33(3)49-51(52(40)50)39(31)29-43-41-27-35(45-19-11-13-25-55-45)21-23-47(41)57(53(43)49)37-15-7-5-8-16-37/h5-21,23,25-34H,22,24H2,1-4H3. The summed E-state index contributed by atoms with van der Waals surface area (Å²) in [7, 11) is 0. The molecular formula is C54H44N4. The molecule has 4 nitrogen and oxygen atoms in total. The Labute approximate surface area is 339 Å². The number of rotatable bonds is 4. The van der Waals surface area contributed by atoms with Crippen LogP contribution in [0.15, 0.2) is 140 Å². The monoisotopic (exact) mass is 748 g/mol. The lowest BCUT2D eigenvalue weighted by molar-refractivity contribution is 0.584. The van der Waals surface area contributed by atoms with Gasteiger partial charge >= 0.3 is 0 Å². The van der Waals surface area contributed by atoms with E-state index in [1.807, 2.05) is 24.5 Å². The first-order valence-corrected chi connectivity index (χ1v) is 21.0. The highest BCUT2D eigenvalue weighted by Gasteiger charge is 2.43. The van der Waals surface area contributed by atoms with E-state index >= 15 is 0 Å². The average molecular weight is 749 g/mol. The molecule has 12 rings (SSSR count). The van der Waals surface area contributed by atoms with Gasteiger partial charge in [-0.2, -0.15) is 0 Å². The van der Waals surface area contributed by atoms with Crippen molar-refractivity contribution in [1.82, 2.24) is 19.1 Å². The van der Waals surface area contributed by atoms with Gasteiger partial charge in [-0.25, -0.2) is 0 Å². The molecule has 0 amide bonds. The Bertz CT molecular complexity index is 3150. The van der Waals surface area contributed by atoms with Crippen LogP contribution in [-0.2, 0) is 6.42 Å². The molecule has 4 heteroatoms. The van der Waals surface area contributed by atoms with Crippen LogP contribution < -0.4 is 0 Å². The number of benzene rings is 5. The van der Waals surface area contributed by atoms with Crippen LogP contribution in [0.4, 0.5) is 0 Å². The molecule has 3 aliphatic carbocycles. The Balaban J connectivity index is 1.22. The van der Waals surface area contributed by atoms with Crippen LogP contribution in [0.1, 0.15) is 97.0 Å². The molecule has 4 unspecified atom stereocenters. The minimum Gasteiger partial charge on any atom is -0.313 e. The maximum absolute atomic E-state index is 4.81. The van der Waals surface area contributed by atoms with Crippen LogP contribution in [0.2, 0.25) is 0 Å². The van der Waals surface area contributed by atoms with Crippen molar-refractivity contribution in [2.75, 3.05) is 0 Å². The van der Waals surface area contributed by atoms with Crippen LogP contribution in [0.3, 0.4) is 0 Å². The van der Waals surface area contributed by atoms with E-state index in [1.54, 1.807) is 0 Å². The topological polar surface area (TPSA) is 35.6 Å². The minimum absolute atomic E-state index is 0.266. The summed E-state index contributed by atoms with van der Waals surface area (Å²) in [4.78, 5) is 9.57. The molecule has 58 heavy (non-hydrogen) atoms. The third-order valence-electron chi connectivity index (χ3n) is 14.2. The minimum atomic E-state index is 0.266. The summed E-state index contributed by atoms with van der Waals surface area (Å²) in [6.45, 7) is 9.96. The first-order chi connectivity index (χ1) is 28.5. The smallest absolute Gasteiger partial charge is 0.0702 e. The number of allylic oxidation sites excluding steroid dienone is 1. The van der Waals surface area contributed by atoms with Gasteiger partial charge in [0.2, 0.25) is 0 Å². The van der Waals surface area contributed by atoms with Gasteiger partial charge in [0, 0.05) is 56.7 Å². The second-order valence-corrected chi connectivity index (χ2v) is 17.0. The van der Waals surface area contributed by atoms with Gasteiger partial charge in [0.15, 0.2) is 0 Å². The van der Waals surface area contributed by atoms with Gasteiger partial charge in [-0.05, 0) is 154 Å². The Kier molecular flexibility index (Phi) is 7.24. The van der Waals surface area contributed by atoms with Gasteiger partial charge in [-0.3, -0.25) is 9.97 Å². The quantitative estimate of drug-likeness (QED) is 0.180. The van der Waals surface area contributed by atoms with Crippen molar-refractivity contribution in [3.63, 3.8) is 0 Å². The summed E-state index contributed by atoms with van der Waals surface area (Å²) in [5.74, 6) is 1.23. The third-order valence-corrected chi connectivity index (χ3v) is 14.2. The Morgan fingerprint density at radius 3 is 1.69 bits per heavy atom. The second kappa shape index (κ2) is 12.5. The van der Waals surface area contributed by atoms with E-state index in [4.69, 9.17) is 9.97 Å². The van der Waals surface area contributed by atoms with Gasteiger partial charge in [-0.1, -0.05) is 82.3 Å². The van der Waals surface area contributed by atoms with Gasteiger partial charge < -0.3 is 9.13 Å². The van der Waals surface area contributed by atoms with Gasteiger partial charge in [0.05, 0.1) is 27.9 Å². The van der Waals surface area contributed by atoms with Crippen molar-refractivity contribution in [1.29, 1.82) is 0 Å². The predicted octanol–water partition coefficient (Wildman–Crippen LogP) is 13.8. The highest BCUT2D eigenvalue weighted by Crippen LogP contribution is 2.61. The zero-order valence-electron chi connectivity index (χ0n) is 33.4. The maximum Gasteiger partial charge on any atom is 0.0702 e. The molecule has 0 aliphatic heterocycles. The number of pyridine rings is 2. The van der Waals surface area contributed by atoms with E-state index in [1.165, 1.54) is 94.3 Å². The molecule has 5 aromatic carbocycles. The van der Waals surface area contributed by atoms with E-state index in [2.05, 4.69) is 158 Å². The number of nitrogens with zero attached hydrogens (tertiary/aromatic N) is 4. The van der Waals surface area contributed by atoms with E-state index in [0.717, 1.165) is 29.8 Å². The maximum atomic E-state index is 4.81. The van der Waals surface area contributed by atoms with E-state index in [9.17, 15) is 0 Å². The normalized spacial score (nSPS) is 19.3. The van der Waals surface area contributed by atoms with Gasteiger partial charge in [0.1, 0.15) is 0 Å². The largest absolute Gasteiger partial charge is 0.313 e. The number of aromatic nitrogens is 4. The SMILES string of the molecule is CC1c2cc3c4c(n(-c5ccccc5)c3c3c2-c2c(cc5c6cc(-c7ccccn7)ccc6n(-c6ccccc6)c5c2C(C)C3C)C1C)CCC(c1ccccn1)=C4. The fraction of sp³-hybridized carbons (Fsp3) is 0.185. The molecule has 0 bridgehead atoms. The Morgan fingerprint density at radius 2 is 1.07 bits per heavy atom. The van der Waals surface area contributed by atoms with Crippen LogP contribution in [0.5, 0.6) is 0 Å². The number of hydrogen-bond donors (Lipinski definition) is 0. The predicted molar refractivity (Wildman–Crippen MR) is 240 cm³/mol. The number of fused-ring (bicyclic) bond motifs is 8. The molecule has 4 aromatic heterocycles. The highest BCUT2D eigenvalue weighted by atomic mass is 15.0. The molecule has 4 heterocycles. The molecule has 3 aliphatic rings. The van der Waals surface area contributed by atoms with Crippen LogP contribution >= 0.6 is 0 Å². The first-order valence-electron chi connectivity index (χ1n) is 21.0. The van der Waals surface area contributed by atoms with Crippen LogP contribution in [0.25, 0.3) is 78.1 Å². The lowest BCUT2D eigenvalue weighted by Crippen LogP contribution is -2.24. The number of hydrogen-bond acceptors (Lipinski definition) is 2. The zero-order chi connectivity index (χ0) is 38.8. The van der Waals surface area contributed by atoms with Crippen molar-refractivity contribution in [2.24, 2.45) is 0 Å². The molecule has 0 spiro atoms. The van der Waals surface area contributed by atoms with Crippen molar-refractivity contribution >= 4 is 44.4 Å². The van der Waals surface area contributed by atoms with Gasteiger partial charge in [0.25, 0.3) is 0 Å². The molecule has 0 saturated heterocycles. The molecular weight excluding hydrogens is 705 g/mol. The fourth-order valence-electron chi connectivity index (χ4n) is 11.1. The molecule has 0 radical (unpaired) electrons. The highest BCUT2D eigenvalue weighted by molar-refractivity contribution is 6.15.